The van der Waals surface area contributed by atoms with Gasteiger partial charge in [0.25, 0.3) is 0 Å². The molecule has 0 heterocycles. The molecule has 0 fully saturated rings. The Bertz CT molecular complexity index is 365. The van der Waals surface area contributed by atoms with Crippen LogP contribution in [-0.2, 0) is 5.41 Å². The first kappa shape index (κ1) is 10.5. The van der Waals surface area contributed by atoms with Gasteiger partial charge in [-0.05, 0) is 18.2 Å². The van der Waals surface area contributed by atoms with Crippen molar-refractivity contribution in [3.63, 3.8) is 0 Å². The summed E-state index contributed by atoms with van der Waals surface area (Å²) in [5, 5.41) is 9.63. The third-order valence-electron chi connectivity index (χ3n) is 2.36. The van der Waals surface area contributed by atoms with Gasteiger partial charge >= 0.3 is 0 Å². The molecule has 74 valence electrons. The highest BCUT2D eigenvalue weighted by atomic mass is 16.3. The normalized spacial score (nSPS) is 11.0. The van der Waals surface area contributed by atoms with Crippen LogP contribution in [0.25, 0.3) is 0 Å². The predicted octanol–water partition coefficient (Wildman–Crippen LogP) is 2.67. The molecule has 1 aromatic carbocycles. The summed E-state index contributed by atoms with van der Waals surface area (Å²) in [5.41, 5.74) is 0.952. The molecule has 0 aliphatic heterocycles. The molecule has 0 amide bonds. The zero-order valence-electron chi connectivity index (χ0n) is 8.45. The minimum absolute atomic E-state index is 0.195. The van der Waals surface area contributed by atoms with Crippen LogP contribution < -0.4 is 0 Å². The van der Waals surface area contributed by atoms with E-state index in [0.29, 0.717) is 5.56 Å². The Morgan fingerprint density at radius 2 is 2.07 bits per heavy atom. The van der Waals surface area contributed by atoms with E-state index in [9.17, 15) is 9.90 Å². The molecule has 1 rings (SSSR count). The summed E-state index contributed by atoms with van der Waals surface area (Å²) < 4.78 is 0. The van der Waals surface area contributed by atoms with E-state index < -0.39 is 0 Å². The Balaban J connectivity index is 3.32. The van der Waals surface area contributed by atoms with Crippen LogP contribution in [0.4, 0.5) is 0 Å². The van der Waals surface area contributed by atoms with Crippen LogP contribution in [0.2, 0.25) is 0 Å². The Morgan fingerprint density at radius 3 is 2.57 bits per heavy atom. The lowest BCUT2D eigenvalue weighted by Gasteiger charge is -2.21. The summed E-state index contributed by atoms with van der Waals surface area (Å²) in [4.78, 5) is 10.6. The molecule has 1 N–H and O–H groups in total. The number of aldehydes is 1. The second-order valence-electron chi connectivity index (χ2n) is 3.82. The number of rotatable bonds is 3. The van der Waals surface area contributed by atoms with Crippen LogP contribution in [0.1, 0.15) is 29.8 Å². The van der Waals surface area contributed by atoms with Gasteiger partial charge in [0.1, 0.15) is 12.0 Å². The van der Waals surface area contributed by atoms with Crippen molar-refractivity contribution in [2.75, 3.05) is 0 Å². The molecule has 0 spiro atoms. The number of carbonyl (C=O) groups excluding carboxylic acids is 1. The van der Waals surface area contributed by atoms with Crippen LogP contribution in [0.15, 0.2) is 30.9 Å². The lowest BCUT2D eigenvalue weighted by atomic mass is 9.83. The smallest absolute Gasteiger partial charge is 0.150 e. The first-order chi connectivity index (χ1) is 6.51. The molecule has 0 radical (unpaired) electrons. The van der Waals surface area contributed by atoms with Crippen LogP contribution in [0.5, 0.6) is 5.75 Å². The van der Waals surface area contributed by atoms with Crippen molar-refractivity contribution in [2.45, 2.75) is 19.3 Å². The van der Waals surface area contributed by atoms with Crippen molar-refractivity contribution in [2.24, 2.45) is 0 Å². The number of phenols is 1. The van der Waals surface area contributed by atoms with Crippen molar-refractivity contribution < 1.29 is 9.90 Å². The summed E-state index contributed by atoms with van der Waals surface area (Å²) in [6.07, 6.45) is 2.51. The Kier molecular flexibility index (Phi) is 2.75. The lowest BCUT2D eigenvalue weighted by molar-refractivity contribution is 0.112. The zero-order valence-corrected chi connectivity index (χ0v) is 8.45. The highest BCUT2D eigenvalue weighted by Gasteiger charge is 2.20. The third-order valence-corrected chi connectivity index (χ3v) is 2.36. The standard InChI is InChI=1S/C12H14O2/c1-4-12(2,3)10-7-9(8-13)5-6-11(10)14/h4-8,14H,1H2,2-3H3. The van der Waals surface area contributed by atoms with E-state index in [4.69, 9.17) is 0 Å². The highest BCUT2D eigenvalue weighted by molar-refractivity contribution is 5.76. The Labute approximate surface area is 83.9 Å². The van der Waals surface area contributed by atoms with E-state index in [-0.39, 0.29) is 11.2 Å². The maximum absolute atomic E-state index is 10.6. The molecule has 0 aliphatic rings. The molecule has 0 bridgehead atoms. The van der Waals surface area contributed by atoms with Crippen molar-refractivity contribution >= 4 is 6.29 Å². The molecular formula is C12H14O2. The number of benzene rings is 1. The average molecular weight is 190 g/mol. The summed E-state index contributed by atoms with van der Waals surface area (Å²) in [6, 6.07) is 4.80. The maximum Gasteiger partial charge on any atom is 0.150 e. The SMILES string of the molecule is C=CC(C)(C)c1cc(C=O)ccc1O. The van der Waals surface area contributed by atoms with Gasteiger partial charge in [-0.2, -0.15) is 0 Å². The number of allylic oxidation sites excluding steroid dienone is 1. The van der Waals surface area contributed by atoms with E-state index in [1.165, 1.54) is 6.07 Å². The number of phenolic OH excluding ortho intramolecular Hbond substituents is 1. The predicted molar refractivity (Wildman–Crippen MR) is 56.7 cm³/mol. The maximum atomic E-state index is 10.6. The Morgan fingerprint density at radius 1 is 1.43 bits per heavy atom. The van der Waals surface area contributed by atoms with Crippen molar-refractivity contribution in [3.8, 4) is 5.75 Å². The average Bonchev–Trinajstić information content (AvgIpc) is 2.18. The first-order valence-corrected chi connectivity index (χ1v) is 4.43. The molecule has 0 saturated heterocycles. The molecule has 2 heteroatoms. The summed E-state index contributed by atoms with van der Waals surface area (Å²) >= 11 is 0. The van der Waals surface area contributed by atoms with Crippen LogP contribution in [0.3, 0.4) is 0 Å². The van der Waals surface area contributed by atoms with E-state index in [2.05, 4.69) is 6.58 Å². The Hall–Kier alpha value is -1.57. The van der Waals surface area contributed by atoms with E-state index in [0.717, 1.165) is 11.8 Å². The van der Waals surface area contributed by atoms with Gasteiger partial charge in [0.05, 0.1) is 0 Å². The molecular weight excluding hydrogens is 176 g/mol. The van der Waals surface area contributed by atoms with E-state index >= 15 is 0 Å². The molecule has 0 atom stereocenters. The van der Waals surface area contributed by atoms with Crippen molar-refractivity contribution in [3.05, 3.63) is 42.0 Å². The number of hydrogen-bond acceptors (Lipinski definition) is 2. The topological polar surface area (TPSA) is 37.3 Å². The number of hydrogen-bond donors (Lipinski definition) is 1. The van der Waals surface area contributed by atoms with Gasteiger partial charge in [-0.15, -0.1) is 6.58 Å². The van der Waals surface area contributed by atoms with Gasteiger partial charge in [0.2, 0.25) is 0 Å². The fourth-order valence-electron chi connectivity index (χ4n) is 1.25. The summed E-state index contributed by atoms with van der Waals surface area (Å²) in [7, 11) is 0. The van der Waals surface area contributed by atoms with Gasteiger partial charge in [0.15, 0.2) is 0 Å². The van der Waals surface area contributed by atoms with Gasteiger partial charge in [-0.25, -0.2) is 0 Å². The molecule has 0 unspecified atom stereocenters. The van der Waals surface area contributed by atoms with Gasteiger partial charge in [-0.3, -0.25) is 4.79 Å². The van der Waals surface area contributed by atoms with Gasteiger partial charge < -0.3 is 5.11 Å². The quantitative estimate of drug-likeness (QED) is 0.587. The van der Waals surface area contributed by atoms with Gasteiger partial charge in [-0.1, -0.05) is 19.9 Å². The third kappa shape index (κ3) is 1.84. The fraction of sp³-hybridized carbons (Fsp3) is 0.250. The first-order valence-electron chi connectivity index (χ1n) is 4.43. The molecule has 0 aromatic heterocycles. The van der Waals surface area contributed by atoms with E-state index in [1.54, 1.807) is 18.2 Å². The number of aromatic hydroxyl groups is 1. The van der Waals surface area contributed by atoms with Crippen molar-refractivity contribution in [1.82, 2.24) is 0 Å². The minimum atomic E-state index is -0.330. The monoisotopic (exact) mass is 190 g/mol. The fourth-order valence-corrected chi connectivity index (χ4v) is 1.25. The molecule has 0 saturated carbocycles. The lowest BCUT2D eigenvalue weighted by Crippen LogP contribution is -2.13. The second kappa shape index (κ2) is 3.66. The molecule has 0 aliphatic carbocycles. The molecule has 1 aromatic rings. The number of carbonyl (C=O) groups is 1. The van der Waals surface area contributed by atoms with Crippen LogP contribution in [0, 0.1) is 0 Å². The summed E-state index contributed by atoms with van der Waals surface area (Å²) in [6.45, 7) is 7.57. The van der Waals surface area contributed by atoms with Crippen LogP contribution in [-0.4, -0.2) is 11.4 Å². The minimum Gasteiger partial charge on any atom is -0.508 e. The largest absolute Gasteiger partial charge is 0.508 e. The van der Waals surface area contributed by atoms with Gasteiger partial charge in [0, 0.05) is 16.5 Å². The zero-order chi connectivity index (χ0) is 10.8. The molecule has 14 heavy (non-hydrogen) atoms. The van der Waals surface area contributed by atoms with Crippen LogP contribution >= 0.6 is 0 Å². The highest BCUT2D eigenvalue weighted by Crippen LogP contribution is 2.32. The van der Waals surface area contributed by atoms with E-state index in [1.807, 2.05) is 13.8 Å². The summed E-state index contributed by atoms with van der Waals surface area (Å²) in [5.74, 6) is 0.195. The second-order valence-corrected chi connectivity index (χ2v) is 3.82. The molecule has 2 nitrogen and oxygen atoms in total. The van der Waals surface area contributed by atoms with Crippen molar-refractivity contribution in [1.29, 1.82) is 0 Å².